The second kappa shape index (κ2) is 4.66. The van der Waals surface area contributed by atoms with Crippen LogP contribution in [0.2, 0.25) is 1.41 Å². The Labute approximate surface area is 54.5 Å². The largest absolute Gasteiger partial charge is 0.394 e. The number of hydrazine groups is 1. The summed E-state index contributed by atoms with van der Waals surface area (Å²) in [4.78, 5) is 0. The van der Waals surface area contributed by atoms with Crippen molar-refractivity contribution in [1.82, 2.24) is 5.43 Å². The minimum atomic E-state index is -1.15. The van der Waals surface area contributed by atoms with E-state index in [9.17, 15) is 0 Å². The Balaban J connectivity index is 3.31. The van der Waals surface area contributed by atoms with E-state index in [0.717, 1.165) is 0 Å². The highest BCUT2D eigenvalue weighted by atomic mass is 16.4. The highest BCUT2D eigenvalue weighted by Gasteiger charge is 2.12. The molecule has 0 rings (SSSR count). The van der Waals surface area contributed by atoms with Gasteiger partial charge in [-0.05, 0) is 0 Å². The van der Waals surface area contributed by atoms with Crippen LogP contribution in [0.3, 0.4) is 0 Å². The molecule has 0 saturated carbocycles. The van der Waals surface area contributed by atoms with Crippen molar-refractivity contribution in [2.24, 2.45) is 5.84 Å². The standard InChI is InChI=1S/C4H12N2O3/c5-6-1-3(8)4(9)2-7/h3-4,6-9H,1-2,5H2/t3-,4+/m0/s1/i/hD. The van der Waals surface area contributed by atoms with Gasteiger partial charge in [-0.15, -0.1) is 0 Å². The van der Waals surface area contributed by atoms with Crippen molar-refractivity contribution in [2.75, 3.05) is 13.2 Å². The minimum Gasteiger partial charge on any atom is -0.394 e. The zero-order valence-electron chi connectivity index (χ0n) is 5.91. The molecular formula is C4H12N2O3. The molecule has 9 heavy (non-hydrogen) atoms. The second-order valence-corrected chi connectivity index (χ2v) is 1.70. The third kappa shape index (κ3) is 3.39. The summed E-state index contributed by atoms with van der Waals surface area (Å²) in [5.41, 5.74) is 2.26. The molecule has 0 saturated heterocycles. The lowest BCUT2D eigenvalue weighted by Gasteiger charge is -2.13. The van der Waals surface area contributed by atoms with Gasteiger partial charge in [-0.25, -0.2) is 0 Å². The van der Waals surface area contributed by atoms with Crippen LogP contribution in [-0.2, 0) is 0 Å². The van der Waals surface area contributed by atoms with Crippen LogP contribution in [0, 0.1) is 0 Å². The third-order valence-corrected chi connectivity index (χ3v) is 0.942. The summed E-state index contributed by atoms with van der Waals surface area (Å²) < 4.78 is 6.38. The molecule has 0 aliphatic carbocycles. The van der Waals surface area contributed by atoms with Crippen LogP contribution in [0.15, 0.2) is 0 Å². The maximum Gasteiger partial charge on any atom is 0.137 e. The molecule has 2 atom stereocenters. The van der Waals surface area contributed by atoms with Gasteiger partial charge in [-0.1, -0.05) is 0 Å². The smallest absolute Gasteiger partial charge is 0.137 e. The molecule has 56 valence electrons. The summed E-state index contributed by atoms with van der Waals surface area (Å²) in [6, 6.07) is 0. The van der Waals surface area contributed by atoms with Gasteiger partial charge in [0, 0.05) is 6.54 Å². The van der Waals surface area contributed by atoms with E-state index in [0.29, 0.717) is 0 Å². The van der Waals surface area contributed by atoms with Crippen molar-refractivity contribution < 1.29 is 16.7 Å². The van der Waals surface area contributed by atoms with Crippen molar-refractivity contribution in [3.05, 3.63) is 0 Å². The molecule has 0 aromatic carbocycles. The first-order valence-corrected chi connectivity index (χ1v) is 2.59. The number of aliphatic hydroxyl groups is 3. The summed E-state index contributed by atoms with van der Waals surface area (Å²) in [5.74, 6) is 1.82. The summed E-state index contributed by atoms with van der Waals surface area (Å²) >= 11 is 0. The first-order chi connectivity index (χ1) is 4.72. The van der Waals surface area contributed by atoms with Crippen LogP contribution in [0.5, 0.6) is 0 Å². The van der Waals surface area contributed by atoms with Gasteiger partial charge in [0.1, 0.15) is 7.52 Å². The molecule has 0 radical (unpaired) electrons. The first kappa shape index (κ1) is 6.91. The predicted molar refractivity (Wildman–Crippen MR) is 31.3 cm³/mol. The van der Waals surface area contributed by atoms with Crippen molar-refractivity contribution in [3.8, 4) is 0 Å². The van der Waals surface area contributed by atoms with Gasteiger partial charge < -0.3 is 15.3 Å². The molecule has 5 nitrogen and oxygen atoms in total. The Kier molecular flexibility index (Phi) is 3.58. The monoisotopic (exact) mass is 137 g/mol. The Hall–Kier alpha value is -0.200. The van der Waals surface area contributed by atoms with Crippen LogP contribution in [-0.4, -0.2) is 40.7 Å². The van der Waals surface area contributed by atoms with Crippen LogP contribution in [0.1, 0.15) is 0 Å². The summed E-state index contributed by atoms with van der Waals surface area (Å²) in [7, 11) is 0. The molecule has 0 heterocycles. The number of rotatable bonds is 5. The molecule has 0 amide bonds. The molecule has 5 heteroatoms. The number of nitrogens with two attached hydrogens (primary N) is 1. The Morgan fingerprint density at radius 2 is 2.22 bits per heavy atom. The fourth-order valence-corrected chi connectivity index (χ4v) is 0.362. The molecular weight excluding hydrogens is 124 g/mol. The van der Waals surface area contributed by atoms with Crippen molar-refractivity contribution in [3.63, 3.8) is 0 Å². The normalized spacial score (nSPS) is 18.8. The highest BCUT2D eigenvalue weighted by molar-refractivity contribution is 4.66. The molecule has 0 unspecified atom stereocenters. The number of nitrogens with one attached hydrogen (secondary N) is 1. The number of aliphatic hydroxyl groups excluding tert-OH is 3. The average molecular weight is 137 g/mol. The second-order valence-electron chi connectivity index (χ2n) is 1.70. The van der Waals surface area contributed by atoms with Crippen molar-refractivity contribution >= 4 is 0 Å². The zero-order chi connectivity index (χ0) is 7.98. The van der Waals surface area contributed by atoms with Crippen molar-refractivity contribution in [1.29, 1.82) is 0 Å². The zero-order valence-corrected chi connectivity index (χ0v) is 4.91. The SMILES string of the molecule is [2H]NNC[C@H](O)[C@H](O)CO. The van der Waals surface area contributed by atoms with Gasteiger partial charge in [0.2, 0.25) is 0 Å². The van der Waals surface area contributed by atoms with Crippen LogP contribution in [0.4, 0.5) is 0 Å². The van der Waals surface area contributed by atoms with Crippen LogP contribution < -0.4 is 11.3 Å². The Morgan fingerprint density at radius 1 is 1.56 bits per heavy atom. The average Bonchev–Trinajstić information content (AvgIpc) is 1.98. The van der Waals surface area contributed by atoms with E-state index in [1.165, 1.54) is 0 Å². The summed E-state index contributed by atoms with van der Waals surface area (Å²) in [6.07, 6.45) is -2.20. The number of hydrogen-bond donors (Lipinski definition) is 5. The van der Waals surface area contributed by atoms with E-state index in [1.807, 2.05) is 5.84 Å². The minimum absolute atomic E-state index is 0.0191. The lowest BCUT2D eigenvalue weighted by atomic mass is 10.2. The molecule has 0 fully saturated rings. The lowest BCUT2D eigenvalue weighted by Crippen LogP contribution is -2.40. The van der Waals surface area contributed by atoms with E-state index in [-0.39, 0.29) is 6.54 Å². The van der Waals surface area contributed by atoms with E-state index >= 15 is 0 Å². The predicted octanol–water partition coefficient (Wildman–Crippen LogP) is -2.84. The fourth-order valence-electron chi connectivity index (χ4n) is 0.362. The topological polar surface area (TPSA) is 98.7 Å². The molecule has 0 spiro atoms. The summed E-state index contributed by atoms with van der Waals surface area (Å²) in [5, 5.41) is 25.9. The molecule has 0 aromatic rings. The number of hydrogen-bond acceptors (Lipinski definition) is 5. The maximum absolute atomic E-state index is 8.85. The van der Waals surface area contributed by atoms with Crippen LogP contribution in [0.25, 0.3) is 0 Å². The Morgan fingerprint density at radius 3 is 2.67 bits per heavy atom. The third-order valence-electron chi connectivity index (χ3n) is 0.942. The van der Waals surface area contributed by atoms with Gasteiger partial charge in [-0.3, -0.25) is 11.3 Å². The lowest BCUT2D eigenvalue weighted by molar-refractivity contribution is -0.0127. The van der Waals surface area contributed by atoms with Gasteiger partial charge in [0.15, 0.2) is 0 Å². The first-order valence-electron chi connectivity index (χ1n) is 3.09. The van der Waals surface area contributed by atoms with Crippen LogP contribution >= 0.6 is 0 Å². The molecule has 0 aromatic heterocycles. The maximum atomic E-state index is 8.85. The van der Waals surface area contributed by atoms with Gasteiger partial charge in [0.25, 0.3) is 0 Å². The van der Waals surface area contributed by atoms with Crippen molar-refractivity contribution in [2.45, 2.75) is 12.2 Å². The van der Waals surface area contributed by atoms with E-state index in [4.69, 9.17) is 16.7 Å². The highest BCUT2D eigenvalue weighted by Crippen LogP contribution is 1.88. The quantitative estimate of drug-likeness (QED) is 0.208. The van der Waals surface area contributed by atoms with E-state index in [1.54, 1.807) is 0 Å². The van der Waals surface area contributed by atoms with E-state index in [2.05, 4.69) is 5.43 Å². The molecule has 0 aliphatic rings. The molecule has 0 bridgehead atoms. The van der Waals surface area contributed by atoms with E-state index < -0.39 is 18.8 Å². The Bertz CT molecular complexity index is 84.9. The van der Waals surface area contributed by atoms with Gasteiger partial charge >= 0.3 is 0 Å². The molecule has 0 aliphatic heterocycles. The fraction of sp³-hybridized carbons (Fsp3) is 1.00. The molecule has 6 N–H and O–H groups in total. The summed E-state index contributed by atoms with van der Waals surface area (Å²) in [6.45, 7) is -0.466. The van der Waals surface area contributed by atoms with Gasteiger partial charge in [-0.2, -0.15) is 0 Å². The van der Waals surface area contributed by atoms with Gasteiger partial charge in [0.05, 0.1) is 12.7 Å².